The van der Waals surface area contributed by atoms with Gasteiger partial charge in [-0.15, -0.1) is 11.8 Å². The van der Waals surface area contributed by atoms with E-state index in [1.165, 1.54) is 11.8 Å². The van der Waals surface area contributed by atoms with Crippen molar-refractivity contribution in [1.82, 2.24) is 10.2 Å². The van der Waals surface area contributed by atoms with Crippen LogP contribution < -0.4 is 10.1 Å². The molecular weight excluding hydrogens is 420 g/mol. The Morgan fingerprint density at radius 1 is 1.10 bits per heavy atom. The Morgan fingerprint density at radius 2 is 1.73 bits per heavy atom. The van der Waals surface area contributed by atoms with E-state index in [0.717, 1.165) is 16.2 Å². The average Bonchev–Trinajstić information content (AvgIpc) is 2.73. The average molecular weight is 449 g/mol. The first-order chi connectivity index (χ1) is 14.3. The van der Waals surface area contributed by atoms with Gasteiger partial charge >= 0.3 is 0 Å². The molecule has 0 aliphatic rings. The quantitative estimate of drug-likeness (QED) is 0.532. The number of hydrogen-bond acceptors (Lipinski definition) is 4. The number of carbonyl (C=O) groups excluding carboxylic acids is 2. The number of halogens is 1. The highest BCUT2D eigenvalue weighted by molar-refractivity contribution is 8.00. The highest BCUT2D eigenvalue weighted by Gasteiger charge is 2.28. The van der Waals surface area contributed by atoms with Crippen molar-refractivity contribution in [2.45, 2.75) is 50.7 Å². The van der Waals surface area contributed by atoms with E-state index >= 15 is 0 Å². The standard InChI is InChI=1S/C23H29ClN2O3S/c1-5-21(23(28)25-16(2)3)26(14-17-6-10-19(29-4)11-7-17)22(27)15-30-20-12-8-18(24)9-13-20/h6-13,16,21H,5,14-15H2,1-4H3,(H,25,28)/t21-/m0/s1. The Balaban J connectivity index is 2.19. The molecule has 0 heterocycles. The number of thioether (sulfide) groups is 1. The predicted octanol–water partition coefficient (Wildman–Crippen LogP) is 4.77. The molecule has 0 saturated carbocycles. The lowest BCUT2D eigenvalue weighted by atomic mass is 10.1. The van der Waals surface area contributed by atoms with Gasteiger partial charge in [-0.3, -0.25) is 9.59 Å². The van der Waals surface area contributed by atoms with Gasteiger partial charge in [-0.05, 0) is 62.2 Å². The molecule has 0 aromatic heterocycles. The lowest BCUT2D eigenvalue weighted by Gasteiger charge is -2.31. The molecule has 1 atom stereocenters. The normalized spacial score (nSPS) is 11.8. The van der Waals surface area contributed by atoms with Gasteiger partial charge in [-0.2, -0.15) is 0 Å². The molecule has 0 unspecified atom stereocenters. The molecule has 0 aliphatic heterocycles. The van der Waals surface area contributed by atoms with Crippen LogP contribution in [0.1, 0.15) is 32.8 Å². The van der Waals surface area contributed by atoms with Crippen LogP contribution in [0.4, 0.5) is 0 Å². The fraction of sp³-hybridized carbons (Fsp3) is 0.391. The molecule has 0 radical (unpaired) electrons. The fourth-order valence-electron chi connectivity index (χ4n) is 2.99. The van der Waals surface area contributed by atoms with E-state index < -0.39 is 6.04 Å². The maximum Gasteiger partial charge on any atom is 0.243 e. The van der Waals surface area contributed by atoms with Crippen LogP contribution in [0.2, 0.25) is 5.02 Å². The first-order valence-electron chi connectivity index (χ1n) is 9.95. The highest BCUT2D eigenvalue weighted by Crippen LogP contribution is 2.23. The van der Waals surface area contributed by atoms with Crippen LogP contribution in [0, 0.1) is 0 Å². The van der Waals surface area contributed by atoms with E-state index in [2.05, 4.69) is 5.32 Å². The molecule has 2 aromatic rings. The summed E-state index contributed by atoms with van der Waals surface area (Å²) in [5.74, 6) is 0.769. The first kappa shape index (κ1) is 24.1. The lowest BCUT2D eigenvalue weighted by molar-refractivity contribution is -0.139. The van der Waals surface area contributed by atoms with Gasteiger partial charge in [0.2, 0.25) is 11.8 Å². The lowest BCUT2D eigenvalue weighted by Crippen LogP contribution is -2.50. The summed E-state index contributed by atoms with van der Waals surface area (Å²) < 4.78 is 5.21. The van der Waals surface area contributed by atoms with E-state index in [-0.39, 0.29) is 23.6 Å². The number of amides is 2. The molecule has 0 aliphatic carbocycles. The topological polar surface area (TPSA) is 58.6 Å². The molecule has 2 aromatic carbocycles. The molecule has 162 valence electrons. The third-order valence-corrected chi connectivity index (χ3v) is 5.75. The second kappa shape index (κ2) is 11.9. The van der Waals surface area contributed by atoms with Crippen molar-refractivity contribution in [3.05, 3.63) is 59.1 Å². The van der Waals surface area contributed by atoms with Gasteiger partial charge in [0.05, 0.1) is 12.9 Å². The Morgan fingerprint density at radius 3 is 2.27 bits per heavy atom. The molecule has 0 saturated heterocycles. The van der Waals surface area contributed by atoms with Crippen molar-refractivity contribution in [2.75, 3.05) is 12.9 Å². The van der Waals surface area contributed by atoms with Crippen molar-refractivity contribution in [3.8, 4) is 5.75 Å². The van der Waals surface area contributed by atoms with Crippen molar-refractivity contribution in [2.24, 2.45) is 0 Å². The van der Waals surface area contributed by atoms with E-state index in [9.17, 15) is 9.59 Å². The Bertz CT molecular complexity index is 825. The molecular formula is C23H29ClN2O3S. The SMILES string of the molecule is CC[C@@H](C(=O)NC(C)C)N(Cc1ccc(OC)cc1)C(=O)CSc1ccc(Cl)cc1. The number of nitrogens with one attached hydrogen (secondary N) is 1. The number of nitrogens with zero attached hydrogens (tertiary/aromatic N) is 1. The van der Waals surface area contributed by atoms with Crippen LogP contribution >= 0.6 is 23.4 Å². The van der Waals surface area contributed by atoms with Crippen LogP contribution in [0.5, 0.6) is 5.75 Å². The summed E-state index contributed by atoms with van der Waals surface area (Å²) in [4.78, 5) is 28.6. The highest BCUT2D eigenvalue weighted by atomic mass is 35.5. The van der Waals surface area contributed by atoms with Crippen LogP contribution in [0.15, 0.2) is 53.4 Å². The summed E-state index contributed by atoms with van der Waals surface area (Å²) in [7, 11) is 1.61. The van der Waals surface area contributed by atoms with Crippen molar-refractivity contribution >= 4 is 35.2 Å². The fourth-order valence-corrected chi connectivity index (χ4v) is 3.90. The molecule has 5 nitrogen and oxygen atoms in total. The third kappa shape index (κ3) is 7.26. The minimum atomic E-state index is -0.534. The zero-order valence-corrected chi connectivity index (χ0v) is 19.4. The molecule has 0 bridgehead atoms. The van der Waals surface area contributed by atoms with Crippen molar-refractivity contribution < 1.29 is 14.3 Å². The third-order valence-electron chi connectivity index (χ3n) is 4.50. The molecule has 0 fully saturated rings. The minimum absolute atomic E-state index is 0.00734. The molecule has 30 heavy (non-hydrogen) atoms. The zero-order valence-electron chi connectivity index (χ0n) is 17.9. The van der Waals surface area contributed by atoms with Gasteiger partial charge in [-0.25, -0.2) is 0 Å². The number of hydrogen-bond donors (Lipinski definition) is 1. The molecule has 7 heteroatoms. The maximum absolute atomic E-state index is 13.2. The monoisotopic (exact) mass is 448 g/mol. The zero-order chi connectivity index (χ0) is 22.1. The van der Waals surface area contributed by atoms with Crippen molar-refractivity contribution in [3.63, 3.8) is 0 Å². The molecule has 0 spiro atoms. The van der Waals surface area contributed by atoms with Gasteiger partial charge in [-0.1, -0.05) is 30.7 Å². The van der Waals surface area contributed by atoms with Crippen LogP contribution in [0.3, 0.4) is 0 Å². The van der Waals surface area contributed by atoms with E-state index in [1.807, 2.05) is 57.2 Å². The second-order valence-electron chi connectivity index (χ2n) is 7.20. The first-order valence-corrected chi connectivity index (χ1v) is 11.3. The largest absolute Gasteiger partial charge is 0.497 e. The summed E-state index contributed by atoms with van der Waals surface area (Å²) in [5.41, 5.74) is 0.941. The van der Waals surface area contributed by atoms with Crippen molar-refractivity contribution in [1.29, 1.82) is 0 Å². The second-order valence-corrected chi connectivity index (χ2v) is 8.68. The summed E-state index contributed by atoms with van der Waals surface area (Å²) in [6.45, 7) is 6.10. The predicted molar refractivity (Wildman–Crippen MR) is 123 cm³/mol. The summed E-state index contributed by atoms with van der Waals surface area (Å²) in [6, 6.07) is 14.4. The molecule has 2 rings (SSSR count). The minimum Gasteiger partial charge on any atom is -0.497 e. The number of ether oxygens (including phenoxy) is 1. The van der Waals surface area contributed by atoms with Gasteiger partial charge < -0.3 is 15.0 Å². The Hall–Kier alpha value is -2.18. The number of methoxy groups -OCH3 is 1. The molecule has 1 N–H and O–H groups in total. The number of rotatable bonds is 10. The van der Waals surface area contributed by atoms with Gasteiger partial charge in [0.1, 0.15) is 11.8 Å². The van der Waals surface area contributed by atoms with Crippen LogP contribution in [-0.4, -0.2) is 41.7 Å². The number of benzene rings is 2. The smallest absolute Gasteiger partial charge is 0.243 e. The van der Waals surface area contributed by atoms with E-state index in [4.69, 9.17) is 16.3 Å². The van der Waals surface area contributed by atoms with E-state index in [1.54, 1.807) is 24.1 Å². The summed E-state index contributed by atoms with van der Waals surface area (Å²) in [6.07, 6.45) is 0.534. The Kier molecular flexibility index (Phi) is 9.53. The van der Waals surface area contributed by atoms with Gasteiger partial charge in [0.25, 0.3) is 0 Å². The van der Waals surface area contributed by atoms with Crippen LogP contribution in [-0.2, 0) is 16.1 Å². The van der Waals surface area contributed by atoms with Gasteiger partial charge in [0.15, 0.2) is 0 Å². The number of carbonyl (C=O) groups is 2. The van der Waals surface area contributed by atoms with Gasteiger partial charge in [0, 0.05) is 22.5 Å². The summed E-state index contributed by atoms with van der Waals surface area (Å²) in [5, 5.41) is 3.59. The van der Waals surface area contributed by atoms with E-state index in [0.29, 0.717) is 18.0 Å². The van der Waals surface area contributed by atoms with Crippen LogP contribution in [0.25, 0.3) is 0 Å². The maximum atomic E-state index is 13.2. The Labute approximate surface area is 188 Å². The summed E-state index contributed by atoms with van der Waals surface area (Å²) >= 11 is 7.37. The molecule has 2 amide bonds.